The van der Waals surface area contributed by atoms with Crippen LogP contribution in [0.25, 0.3) is 10.9 Å². The molecule has 0 aliphatic carbocycles. The fourth-order valence-electron chi connectivity index (χ4n) is 3.41. The number of benzene rings is 1. The Morgan fingerprint density at radius 1 is 1.27 bits per heavy atom. The van der Waals surface area contributed by atoms with Crippen LogP contribution in [0.3, 0.4) is 0 Å². The highest BCUT2D eigenvalue weighted by Gasteiger charge is 2.22. The molecule has 0 atom stereocenters. The first-order chi connectivity index (χ1) is 12.6. The number of fused-ring (bicyclic) bond motifs is 2. The Labute approximate surface area is 151 Å². The Balaban J connectivity index is 1.35. The maximum Gasteiger partial charge on any atom is 0.272 e. The van der Waals surface area contributed by atoms with Crippen molar-refractivity contribution in [2.24, 2.45) is 0 Å². The summed E-state index contributed by atoms with van der Waals surface area (Å²) in [5.74, 6) is 0.579. The third-order valence-electron chi connectivity index (χ3n) is 4.84. The van der Waals surface area contributed by atoms with Crippen molar-refractivity contribution in [3.8, 4) is 5.88 Å². The zero-order valence-corrected chi connectivity index (χ0v) is 15.2. The van der Waals surface area contributed by atoms with E-state index in [0.717, 1.165) is 48.6 Å². The Morgan fingerprint density at radius 2 is 2.12 bits per heavy atom. The highest BCUT2D eigenvalue weighted by Crippen LogP contribution is 2.24. The lowest BCUT2D eigenvalue weighted by atomic mass is 10.2. The molecule has 0 radical (unpaired) electrons. The van der Waals surface area contributed by atoms with E-state index in [4.69, 9.17) is 4.74 Å². The molecule has 0 fully saturated rings. The van der Waals surface area contributed by atoms with Crippen LogP contribution in [-0.4, -0.2) is 38.6 Å². The number of nitrogens with zero attached hydrogens (tertiary/aromatic N) is 4. The highest BCUT2D eigenvalue weighted by molar-refractivity contribution is 5.94. The molecule has 136 valence electrons. The minimum atomic E-state index is -0.143. The zero-order chi connectivity index (χ0) is 18.1. The Morgan fingerprint density at radius 3 is 2.92 bits per heavy atom. The van der Waals surface area contributed by atoms with Crippen LogP contribution in [0.1, 0.15) is 34.6 Å². The molecule has 0 saturated heterocycles. The summed E-state index contributed by atoms with van der Waals surface area (Å²) in [6.07, 6.45) is 1.73. The molecule has 2 aromatic heterocycles. The van der Waals surface area contributed by atoms with E-state index in [0.29, 0.717) is 18.8 Å². The molecule has 1 aliphatic heterocycles. The fourth-order valence-corrected chi connectivity index (χ4v) is 3.41. The number of rotatable bonds is 5. The summed E-state index contributed by atoms with van der Waals surface area (Å²) >= 11 is 0. The van der Waals surface area contributed by atoms with E-state index in [9.17, 15) is 4.79 Å². The summed E-state index contributed by atoms with van der Waals surface area (Å²) in [5, 5.41) is 13.1. The predicted molar refractivity (Wildman–Crippen MR) is 98.5 cm³/mol. The molecule has 1 aromatic carbocycles. The lowest BCUT2D eigenvalue weighted by Gasteiger charge is -2.14. The third-order valence-corrected chi connectivity index (χ3v) is 4.84. The normalized spacial score (nSPS) is 13.5. The van der Waals surface area contributed by atoms with Crippen LogP contribution >= 0.6 is 0 Å². The Kier molecular flexibility index (Phi) is 4.36. The number of amides is 1. The van der Waals surface area contributed by atoms with Crippen molar-refractivity contribution in [2.45, 2.75) is 39.8 Å². The molecule has 0 spiro atoms. The standard InChI is InChI=1S/C19H23N5O2/c1-13-17(22-24-11-6-12-26-19(13)24)18(25)20-9-5-10-23-14(2)15-7-3-4-8-16(15)21-23/h3-4,7-8H,5-6,9-12H2,1-2H3,(H,20,25). The number of carbonyl (C=O) groups excluding carboxylic acids is 1. The summed E-state index contributed by atoms with van der Waals surface area (Å²) < 4.78 is 9.41. The van der Waals surface area contributed by atoms with Gasteiger partial charge in [-0.1, -0.05) is 18.2 Å². The molecule has 1 aliphatic rings. The summed E-state index contributed by atoms with van der Waals surface area (Å²) in [7, 11) is 0. The number of aryl methyl sites for hydroxylation is 3. The van der Waals surface area contributed by atoms with Gasteiger partial charge in [0.25, 0.3) is 5.91 Å². The molecule has 7 heteroatoms. The fraction of sp³-hybridized carbons (Fsp3) is 0.421. The van der Waals surface area contributed by atoms with Gasteiger partial charge in [0.05, 0.1) is 12.1 Å². The van der Waals surface area contributed by atoms with E-state index in [-0.39, 0.29) is 5.91 Å². The topological polar surface area (TPSA) is 74.0 Å². The van der Waals surface area contributed by atoms with Crippen LogP contribution in [0.2, 0.25) is 0 Å². The summed E-state index contributed by atoms with van der Waals surface area (Å²) in [6, 6.07) is 8.13. The van der Waals surface area contributed by atoms with Gasteiger partial charge in [0.2, 0.25) is 5.88 Å². The maximum atomic E-state index is 12.4. The van der Waals surface area contributed by atoms with Gasteiger partial charge in [-0.3, -0.25) is 9.48 Å². The molecular weight excluding hydrogens is 330 g/mol. The molecule has 4 rings (SSSR count). The van der Waals surface area contributed by atoms with Crippen molar-refractivity contribution in [1.82, 2.24) is 24.9 Å². The molecule has 1 amide bonds. The van der Waals surface area contributed by atoms with E-state index in [1.807, 2.05) is 29.8 Å². The average molecular weight is 353 g/mol. The minimum absolute atomic E-state index is 0.143. The van der Waals surface area contributed by atoms with Crippen molar-refractivity contribution in [1.29, 1.82) is 0 Å². The second kappa shape index (κ2) is 6.82. The molecular formula is C19H23N5O2. The second-order valence-corrected chi connectivity index (χ2v) is 6.64. The first-order valence-corrected chi connectivity index (χ1v) is 9.05. The van der Waals surface area contributed by atoms with Gasteiger partial charge < -0.3 is 10.1 Å². The van der Waals surface area contributed by atoms with E-state index < -0.39 is 0 Å². The molecule has 0 unspecified atom stereocenters. The number of ether oxygens (including phenoxy) is 1. The molecule has 3 aromatic rings. The van der Waals surface area contributed by atoms with Crippen molar-refractivity contribution in [2.75, 3.05) is 13.2 Å². The number of hydrogen-bond donors (Lipinski definition) is 1. The van der Waals surface area contributed by atoms with Crippen LogP contribution in [0.15, 0.2) is 24.3 Å². The number of carbonyl (C=O) groups is 1. The monoisotopic (exact) mass is 353 g/mol. The predicted octanol–water partition coefficient (Wildman–Crippen LogP) is 2.45. The number of nitrogens with one attached hydrogen (secondary N) is 1. The van der Waals surface area contributed by atoms with Gasteiger partial charge in [0.15, 0.2) is 5.69 Å². The number of hydrogen-bond acceptors (Lipinski definition) is 4. The van der Waals surface area contributed by atoms with Crippen molar-refractivity contribution < 1.29 is 9.53 Å². The molecule has 26 heavy (non-hydrogen) atoms. The largest absolute Gasteiger partial charge is 0.478 e. The molecule has 0 saturated carbocycles. The van der Waals surface area contributed by atoms with Crippen molar-refractivity contribution >= 4 is 16.8 Å². The van der Waals surface area contributed by atoms with E-state index in [1.165, 1.54) is 5.39 Å². The highest BCUT2D eigenvalue weighted by atomic mass is 16.5. The van der Waals surface area contributed by atoms with E-state index in [2.05, 4.69) is 28.5 Å². The summed E-state index contributed by atoms with van der Waals surface area (Å²) in [5.41, 5.74) is 3.44. The maximum absolute atomic E-state index is 12.4. The van der Waals surface area contributed by atoms with Gasteiger partial charge in [-0.25, -0.2) is 4.68 Å². The van der Waals surface area contributed by atoms with Crippen LogP contribution in [0.4, 0.5) is 0 Å². The molecule has 3 heterocycles. The summed E-state index contributed by atoms with van der Waals surface area (Å²) in [6.45, 7) is 6.80. The van der Waals surface area contributed by atoms with Crippen LogP contribution in [0.5, 0.6) is 5.88 Å². The summed E-state index contributed by atoms with van der Waals surface area (Å²) in [4.78, 5) is 12.4. The van der Waals surface area contributed by atoms with Crippen LogP contribution in [0, 0.1) is 13.8 Å². The minimum Gasteiger partial charge on any atom is -0.478 e. The van der Waals surface area contributed by atoms with E-state index >= 15 is 0 Å². The first-order valence-electron chi connectivity index (χ1n) is 9.05. The van der Waals surface area contributed by atoms with Crippen molar-refractivity contribution in [3.05, 3.63) is 41.2 Å². The smallest absolute Gasteiger partial charge is 0.272 e. The van der Waals surface area contributed by atoms with Gasteiger partial charge in [-0.05, 0) is 26.3 Å². The Bertz CT molecular complexity index is 956. The van der Waals surface area contributed by atoms with Crippen LogP contribution in [-0.2, 0) is 13.1 Å². The van der Waals surface area contributed by atoms with Crippen LogP contribution < -0.4 is 10.1 Å². The molecule has 0 bridgehead atoms. The van der Waals surface area contributed by atoms with Crippen molar-refractivity contribution in [3.63, 3.8) is 0 Å². The molecule has 1 N–H and O–H groups in total. The average Bonchev–Trinajstić information content (AvgIpc) is 3.17. The van der Waals surface area contributed by atoms with Gasteiger partial charge in [-0.2, -0.15) is 10.2 Å². The first kappa shape index (κ1) is 16.6. The third kappa shape index (κ3) is 2.94. The van der Waals surface area contributed by atoms with Gasteiger partial charge in [-0.15, -0.1) is 0 Å². The van der Waals surface area contributed by atoms with Gasteiger partial charge in [0, 0.05) is 42.7 Å². The van der Waals surface area contributed by atoms with E-state index in [1.54, 1.807) is 4.68 Å². The number of aromatic nitrogens is 4. The lowest BCUT2D eigenvalue weighted by Crippen LogP contribution is -2.26. The second-order valence-electron chi connectivity index (χ2n) is 6.64. The van der Waals surface area contributed by atoms with Gasteiger partial charge in [0.1, 0.15) is 0 Å². The zero-order valence-electron chi connectivity index (χ0n) is 15.2. The van der Waals surface area contributed by atoms with Gasteiger partial charge >= 0.3 is 0 Å². The molecule has 7 nitrogen and oxygen atoms in total. The quantitative estimate of drug-likeness (QED) is 0.715. The SMILES string of the molecule is Cc1c(C(=O)NCCCn2nc3ccccc3c2C)nn2c1OCCC2. The lowest BCUT2D eigenvalue weighted by molar-refractivity contribution is 0.0946. The Hall–Kier alpha value is -2.83.